The molecule has 0 spiro atoms. The van der Waals surface area contributed by atoms with Crippen molar-refractivity contribution in [2.24, 2.45) is 5.41 Å². The largest absolute Gasteiger partial charge is 0.385 e. The highest BCUT2D eigenvalue weighted by molar-refractivity contribution is 4.80. The van der Waals surface area contributed by atoms with Gasteiger partial charge in [0.25, 0.3) is 0 Å². The monoisotopic (exact) mass is 242 g/mol. The first-order chi connectivity index (χ1) is 8.07. The molecule has 0 aromatic rings. The number of likely N-dealkylation sites (tertiary alicyclic amines) is 1. The Balaban J connectivity index is 2.18. The Morgan fingerprint density at radius 3 is 2.47 bits per heavy atom. The molecule has 0 aromatic carbocycles. The van der Waals surface area contributed by atoms with E-state index in [2.05, 4.69) is 31.0 Å². The molecule has 17 heavy (non-hydrogen) atoms. The first kappa shape index (κ1) is 14.9. The molecule has 1 heterocycles. The van der Waals surface area contributed by atoms with Crippen molar-refractivity contribution in [3.8, 4) is 0 Å². The molecule has 1 saturated heterocycles. The lowest BCUT2D eigenvalue weighted by Crippen LogP contribution is -2.45. The Bertz CT molecular complexity index is 198. The lowest BCUT2D eigenvalue weighted by atomic mass is 9.89. The average Bonchev–Trinajstić information content (AvgIpc) is 2.35. The molecule has 0 atom stereocenters. The van der Waals surface area contributed by atoms with Gasteiger partial charge in [0, 0.05) is 26.3 Å². The van der Waals surface area contributed by atoms with Gasteiger partial charge in [-0.3, -0.25) is 0 Å². The van der Waals surface area contributed by atoms with Gasteiger partial charge in [-0.05, 0) is 44.3 Å². The molecule has 0 bridgehead atoms. The summed E-state index contributed by atoms with van der Waals surface area (Å²) in [6, 6.07) is 0.722. The molecule has 1 N–H and O–H groups in total. The molecule has 1 aliphatic rings. The highest BCUT2D eigenvalue weighted by atomic mass is 16.5. The second-order valence-corrected chi connectivity index (χ2v) is 6.00. The number of hydrogen-bond acceptors (Lipinski definition) is 3. The van der Waals surface area contributed by atoms with Crippen LogP contribution in [0.3, 0.4) is 0 Å². The van der Waals surface area contributed by atoms with Gasteiger partial charge in [-0.2, -0.15) is 0 Å². The normalized spacial score (nSPS) is 19.8. The Labute approximate surface area is 107 Å². The highest BCUT2D eigenvalue weighted by Crippen LogP contribution is 2.20. The fourth-order valence-electron chi connectivity index (χ4n) is 2.34. The summed E-state index contributed by atoms with van der Waals surface area (Å²) >= 11 is 0. The van der Waals surface area contributed by atoms with Crippen LogP contribution in [0.15, 0.2) is 0 Å². The summed E-state index contributed by atoms with van der Waals surface area (Å²) < 4.78 is 5.16. The highest BCUT2D eigenvalue weighted by Gasteiger charge is 2.22. The molecular formula is C14H30N2O. The van der Waals surface area contributed by atoms with E-state index in [1.165, 1.54) is 32.5 Å². The molecule has 0 unspecified atom stereocenters. The van der Waals surface area contributed by atoms with E-state index in [0.29, 0.717) is 5.41 Å². The number of nitrogens with one attached hydrogen (secondary N) is 1. The molecular weight excluding hydrogens is 212 g/mol. The van der Waals surface area contributed by atoms with Gasteiger partial charge < -0.3 is 15.0 Å². The second kappa shape index (κ2) is 7.34. The van der Waals surface area contributed by atoms with Crippen molar-refractivity contribution in [3.05, 3.63) is 0 Å². The molecule has 3 heteroatoms. The number of methoxy groups -OCH3 is 1. The molecule has 0 amide bonds. The molecule has 1 fully saturated rings. The number of rotatable bonds is 7. The van der Waals surface area contributed by atoms with Gasteiger partial charge in [0.2, 0.25) is 0 Å². The van der Waals surface area contributed by atoms with E-state index in [-0.39, 0.29) is 0 Å². The van der Waals surface area contributed by atoms with Gasteiger partial charge in [0.15, 0.2) is 0 Å². The van der Waals surface area contributed by atoms with Crippen LogP contribution in [-0.4, -0.2) is 50.8 Å². The fraction of sp³-hybridized carbons (Fsp3) is 1.00. The van der Waals surface area contributed by atoms with Crippen molar-refractivity contribution < 1.29 is 4.74 Å². The predicted molar refractivity (Wildman–Crippen MR) is 73.4 cm³/mol. The van der Waals surface area contributed by atoms with Crippen LogP contribution in [0, 0.1) is 5.41 Å². The summed E-state index contributed by atoms with van der Waals surface area (Å²) in [7, 11) is 1.78. The van der Waals surface area contributed by atoms with E-state index < -0.39 is 0 Å². The van der Waals surface area contributed by atoms with E-state index in [0.717, 1.165) is 25.6 Å². The van der Waals surface area contributed by atoms with Crippen LogP contribution in [0.5, 0.6) is 0 Å². The molecule has 0 aromatic heterocycles. The van der Waals surface area contributed by atoms with E-state index in [1.54, 1.807) is 7.11 Å². The van der Waals surface area contributed by atoms with Crippen molar-refractivity contribution in [2.45, 2.75) is 46.1 Å². The second-order valence-electron chi connectivity index (χ2n) is 6.00. The first-order valence-corrected chi connectivity index (χ1v) is 7.02. The zero-order chi connectivity index (χ0) is 12.7. The molecule has 0 aliphatic carbocycles. The summed E-state index contributed by atoms with van der Waals surface area (Å²) in [4.78, 5) is 2.54. The average molecular weight is 242 g/mol. The van der Waals surface area contributed by atoms with Gasteiger partial charge in [-0.1, -0.05) is 20.8 Å². The summed E-state index contributed by atoms with van der Waals surface area (Å²) in [5.74, 6) is 0. The quantitative estimate of drug-likeness (QED) is 0.740. The maximum Gasteiger partial charge on any atom is 0.0467 e. The topological polar surface area (TPSA) is 24.5 Å². The Kier molecular flexibility index (Phi) is 6.45. The molecule has 1 aliphatic heterocycles. The minimum absolute atomic E-state index is 0.345. The van der Waals surface area contributed by atoms with Crippen molar-refractivity contribution in [2.75, 3.05) is 39.9 Å². The summed E-state index contributed by atoms with van der Waals surface area (Å²) in [5.41, 5.74) is 0.345. The third-order valence-corrected chi connectivity index (χ3v) is 3.89. The number of hydrogen-bond donors (Lipinski definition) is 1. The number of piperidine rings is 1. The minimum Gasteiger partial charge on any atom is -0.385 e. The van der Waals surface area contributed by atoms with Gasteiger partial charge in [0.1, 0.15) is 0 Å². The first-order valence-electron chi connectivity index (χ1n) is 7.02. The summed E-state index contributed by atoms with van der Waals surface area (Å²) in [6.07, 6.45) is 3.73. The van der Waals surface area contributed by atoms with Crippen LogP contribution >= 0.6 is 0 Å². The van der Waals surface area contributed by atoms with E-state index in [1.807, 2.05) is 0 Å². The van der Waals surface area contributed by atoms with Crippen molar-refractivity contribution >= 4 is 0 Å². The third-order valence-electron chi connectivity index (χ3n) is 3.89. The third kappa shape index (κ3) is 5.84. The zero-order valence-corrected chi connectivity index (χ0v) is 12.1. The van der Waals surface area contributed by atoms with Gasteiger partial charge in [0.05, 0.1) is 0 Å². The van der Waals surface area contributed by atoms with E-state index in [4.69, 9.17) is 4.74 Å². The van der Waals surface area contributed by atoms with Crippen LogP contribution in [0.25, 0.3) is 0 Å². The Morgan fingerprint density at radius 1 is 1.29 bits per heavy atom. The summed E-state index contributed by atoms with van der Waals surface area (Å²) in [6.45, 7) is 12.6. The van der Waals surface area contributed by atoms with Crippen LogP contribution in [0.2, 0.25) is 0 Å². The molecule has 1 rings (SSSR count). The van der Waals surface area contributed by atoms with Crippen molar-refractivity contribution in [1.82, 2.24) is 10.2 Å². The number of nitrogens with zero attached hydrogens (tertiary/aromatic N) is 1. The Hall–Kier alpha value is -0.120. The van der Waals surface area contributed by atoms with Crippen molar-refractivity contribution in [1.29, 1.82) is 0 Å². The predicted octanol–water partition coefficient (Wildman–Crippen LogP) is 2.12. The fourth-order valence-corrected chi connectivity index (χ4v) is 2.34. The standard InChI is InChI=1S/C14H30N2O/c1-5-16-9-6-13(7-10-16)15-12-14(2,3)8-11-17-4/h13,15H,5-12H2,1-4H3. The lowest BCUT2D eigenvalue weighted by Gasteiger charge is -2.34. The maximum absolute atomic E-state index is 5.16. The van der Waals surface area contributed by atoms with Gasteiger partial charge >= 0.3 is 0 Å². The van der Waals surface area contributed by atoms with Gasteiger partial charge in [-0.15, -0.1) is 0 Å². The van der Waals surface area contributed by atoms with Crippen LogP contribution < -0.4 is 5.32 Å². The van der Waals surface area contributed by atoms with E-state index >= 15 is 0 Å². The van der Waals surface area contributed by atoms with Crippen molar-refractivity contribution in [3.63, 3.8) is 0 Å². The Morgan fingerprint density at radius 2 is 1.94 bits per heavy atom. The van der Waals surface area contributed by atoms with E-state index in [9.17, 15) is 0 Å². The minimum atomic E-state index is 0.345. The smallest absolute Gasteiger partial charge is 0.0467 e. The van der Waals surface area contributed by atoms with Crippen LogP contribution in [-0.2, 0) is 4.74 Å². The molecule has 0 radical (unpaired) electrons. The van der Waals surface area contributed by atoms with Crippen LogP contribution in [0.1, 0.15) is 40.0 Å². The molecule has 3 nitrogen and oxygen atoms in total. The summed E-state index contributed by atoms with van der Waals surface area (Å²) in [5, 5.41) is 3.73. The molecule has 102 valence electrons. The van der Waals surface area contributed by atoms with Crippen LogP contribution in [0.4, 0.5) is 0 Å². The maximum atomic E-state index is 5.16. The SMILES string of the molecule is CCN1CCC(NCC(C)(C)CCOC)CC1. The number of ether oxygens (including phenoxy) is 1. The zero-order valence-electron chi connectivity index (χ0n) is 12.1. The lowest BCUT2D eigenvalue weighted by molar-refractivity contribution is 0.142. The van der Waals surface area contributed by atoms with Gasteiger partial charge in [-0.25, -0.2) is 0 Å². The molecule has 0 saturated carbocycles.